The van der Waals surface area contributed by atoms with Crippen molar-refractivity contribution in [3.63, 3.8) is 0 Å². The number of anilines is 3. The van der Waals surface area contributed by atoms with Gasteiger partial charge in [-0.05, 0) is 24.3 Å². The van der Waals surface area contributed by atoms with Crippen molar-refractivity contribution in [2.45, 2.75) is 0 Å². The predicted octanol–water partition coefficient (Wildman–Crippen LogP) is 1.52. The van der Waals surface area contributed by atoms with Gasteiger partial charge in [0.2, 0.25) is 5.95 Å². The van der Waals surface area contributed by atoms with E-state index < -0.39 is 37.8 Å². The third kappa shape index (κ3) is 2.64. The number of hydrogen-bond acceptors (Lipinski definition) is 5. The van der Waals surface area contributed by atoms with E-state index in [1.165, 1.54) is 24.3 Å². The average molecular weight is 281 g/mol. The topological polar surface area (TPSA) is 58.3 Å². The summed E-state index contributed by atoms with van der Waals surface area (Å²) in [6, 6.07) is 5.26. The molecule has 0 unspecified atom stereocenters. The zero-order valence-electron chi connectivity index (χ0n) is 18.2. The van der Waals surface area contributed by atoms with Crippen LogP contribution in [0.15, 0.2) is 36.7 Å². The van der Waals surface area contributed by atoms with Gasteiger partial charge in [-0.25, -0.2) is 14.4 Å². The molecule has 20 heavy (non-hydrogen) atoms. The summed E-state index contributed by atoms with van der Waals surface area (Å²) in [6.07, 6.45) is 1.32. The van der Waals surface area contributed by atoms with Crippen LogP contribution in [-0.2, 0) is 0 Å². The van der Waals surface area contributed by atoms with Crippen LogP contribution in [0.3, 0.4) is 0 Å². The van der Waals surface area contributed by atoms with E-state index in [2.05, 4.69) is 9.97 Å². The molecular weight excluding hydrogens is 257 g/mol. The molecule has 0 radical (unpaired) electrons. The van der Waals surface area contributed by atoms with Crippen LogP contribution in [0.1, 0.15) is 11.0 Å². The van der Waals surface area contributed by atoms with Crippen LogP contribution >= 0.6 is 0 Å². The highest BCUT2D eigenvalue weighted by atomic mass is 19.1. The maximum atomic E-state index is 13.2. The summed E-state index contributed by atoms with van der Waals surface area (Å²) in [5.41, 5.74) is 5.80. The van der Waals surface area contributed by atoms with Crippen molar-refractivity contribution >= 4 is 17.3 Å². The fourth-order valence-electron chi connectivity index (χ4n) is 1.53. The zero-order chi connectivity index (χ0) is 21.1. The molecule has 1 aromatic heterocycles. The van der Waals surface area contributed by atoms with Gasteiger partial charge in [0.15, 0.2) is 5.82 Å². The van der Waals surface area contributed by atoms with Crippen LogP contribution in [0.25, 0.3) is 0 Å². The van der Waals surface area contributed by atoms with Crippen molar-refractivity contribution < 1.29 is 15.4 Å². The minimum Gasteiger partial charge on any atom is -0.399 e. The number of nitrogen functional groups attached to an aromatic ring is 1. The van der Waals surface area contributed by atoms with Crippen LogP contribution in [0, 0.1) is 5.82 Å². The van der Waals surface area contributed by atoms with E-state index in [4.69, 9.17) is 16.7 Å². The van der Waals surface area contributed by atoms with Gasteiger partial charge in [0.25, 0.3) is 0 Å². The van der Waals surface area contributed by atoms with Gasteiger partial charge in [-0.1, -0.05) is 0 Å². The van der Waals surface area contributed by atoms with Gasteiger partial charge in [0.1, 0.15) is 0 Å². The van der Waals surface area contributed by atoms with E-state index in [-0.39, 0.29) is 10.6 Å². The quantitative estimate of drug-likeness (QED) is 0.846. The van der Waals surface area contributed by atoms with E-state index >= 15 is 0 Å². The Morgan fingerprint density at radius 2 is 1.55 bits per heavy atom. The molecule has 0 spiro atoms. The fourth-order valence-corrected chi connectivity index (χ4v) is 1.53. The fraction of sp³-hybridized carbons (Fsp3) is 0.286. The Morgan fingerprint density at radius 3 is 2.15 bits per heavy atom. The minimum absolute atomic E-state index is 0.114. The van der Waals surface area contributed by atoms with Gasteiger partial charge in [-0.3, -0.25) is 0 Å². The SMILES string of the molecule is [2H]C1([2H])N(c2ccc(N)cc2)C([2H])([2H])C([2H])([2H])N(c2ncc(F)cn2)C1([2H])[2H]. The van der Waals surface area contributed by atoms with E-state index in [0.717, 1.165) is 0 Å². The van der Waals surface area contributed by atoms with Gasteiger partial charge >= 0.3 is 0 Å². The molecule has 1 aliphatic rings. The Labute approximate surface area is 128 Å². The lowest BCUT2D eigenvalue weighted by atomic mass is 10.2. The van der Waals surface area contributed by atoms with Crippen LogP contribution in [0.5, 0.6) is 0 Å². The summed E-state index contributed by atoms with van der Waals surface area (Å²) in [4.78, 5) is 7.60. The highest BCUT2D eigenvalue weighted by Crippen LogP contribution is 2.19. The molecule has 1 saturated heterocycles. The lowest BCUT2D eigenvalue weighted by molar-refractivity contribution is 0.602. The zero-order valence-corrected chi connectivity index (χ0v) is 10.2. The second-order valence-corrected chi connectivity index (χ2v) is 3.91. The lowest BCUT2D eigenvalue weighted by Crippen LogP contribution is -2.47. The van der Waals surface area contributed by atoms with Gasteiger partial charge < -0.3 is 15.5 Å². The number of halogens is 1. The third-order valence-corrected chi connectivity index (χ3v) is 2.51. The summed E-state index contributed by atoms with van der Waals surface area (Å²) in [5, 5.41) is 0. The number of nitrogens with two attached hydrogens (primary N) is 1. The molecule has 5 nitrogen and oxygen atoms in total. The first kappa shape index (κ1) is 6.39. The Kier molecular flexibility index (Phi) is 1.70. The van der Waals surface area contributed by atoms with Crippen LogP contribution < -0.4 is 15.5 Å². The Morgan fingerprint density at radius 1 is 1.00 bits per heavy atom. The summed E-state index contributed by atoms with van der Waals surface area (Å²) in [6.45, 7) is -12.5. The molecule has 6 heteroatoms. The van der Waals surface area contributed by atoms with Crippen molar-refractivity contribution in [3.8, 4) is 0 Å². The predicted molar refractivity (Wildman–Crippen MR) is 77.3 cm³/mol. The molecule has 2 heterocycles. The molecule has 2 aromatic rings. The molecule has 0 amide bonds. The largest absolute Gasteiger partial charge is 0.399 e. The number of benzene rings is 1. The number of aromatic nitrogens is 2. The first-order chi connectivity index (χ1) is 12.7. The first-order valence-electron chi connectivity index (χ1n) is 9.68. The van der Waals surface area contributed by atoms with Crippen LogP contribution in [0.2, 0.25) is 0 Å². The monoisotopic (exact) mass is 281 g/mol. The molecule has 0 atom stereocenters. The van der Waals surface area contributed by atoms with Crippen molar-refractivity contribution in [1.29, 1.82) is 0 Å². The average Bonchev–Trinajstić information content (AvgIpc) is 2.57. The molecule has 2 N–H and O–H groups in total. The molecule has 3 rings (SSSR count). The highest BCUT2D eigenvalue weighted by Gasteiger charge is 2.19. The molecule has 0 saturated carbocycles. The molecule has 0 bridgehead atoms. The van der Waals surface area contributed by atoms with Crippen molar-refractivity contribution in [2.75, 3.05) is 41.5 Å². The van der Waals surface area contributed by atoms with Gasteiger partial charge in [0.05, 0.1) is 23.4 Å². The summed E-state index contributed by atoms with van der Waals surface area (Å²) in [7, 11) is 0. The Bertz CT molecular complexity index is 773. The number of piperazine rings is 1. The standard InChI is InChI=1S/C14H16FN5/c15-11-9-17-14(18-10-11)20-7-5-19(6-8-20)13-3-1-12(16)2-4-13/h1-4,9-10H,5-8,16H2/i5D2,6D2,7D2,8D2. The van der Waals surface area contributed by atoms with Gasteiger partial charge in [0, 0.05) is 37.4 Å². The summed E-state index contributed by atoms with van der Waals surface area (Å²) in [5.74, 6) is -1.56. The molecular formula is C14H16FN5. The van der Waals surface area contributed by atoms with Crippen LogP contribution in [0.4, 0.5) is 21.7 Å². The number of hydrogen-bond donors (Lipinski definition) is 1. The van der Waals surface area contributed by atoms with Crippen molar-refractivity contribution in [1.82, 2.24) is 9.97 Å². The third-order valence-electron chi connectivity index (χ3n) is 2.51. The normalized spacial score (nSPS) is 31.4. The Hall–Kier alpha value is -2.37. The highest BCUT2D eigenvalue weighted by molar-refractivity contribution is 5.54. The van der Waals surface area contributed by atoms with E-state index in [1.807, 2.05) is 0 Å². The van der Waals surface area contributed by atoms with Crippen LogP contribution in [-0.4, -0.2) is 36.0 Å². The second kappa shape index (κ2) is 5.32. The first-order valence-corrected chi connectivity index (χ1v) is 5.68. The smallest absolute Gasteiger partial charge is 0.225 e. The molecule has 0 aliphatic carbocycles. The minimum atomic E-state index is -3.15. The Balaban J connectivity index is 2.24. The maximum absolute atomic E-state index is 13.2. The van der Waals surface area contributed by atoms with E-state index in [9.17, 15) is 4.39 Å². The van der Waals surface area contributed by atoms with E-state index in [0.29, 0.717) is 23.0 Å². The molecule has 1 fully saturated rings. The number of nitrogens with zero attached hydrogens (tertiary/aromatic N) is 4. The molecule has 1 aliphatic heterocycles. The maximum Gasteiger partial charge on any atom is 0.225 e. The number of rotatable bonds is 2. The van der Waals surface area contributed by atoms with E-state index in [1.54, 1.807) is 0 Å². The molecule has 104 valence electrons. The molecule has 1 aromatic carbocycles. The second-order valence-electron chi connectivity index (χ2n) is 3.91. The van der Waals surface area contributed by atoms with Gasteiger partial charge in [-0.15, -0.1) is 0 Å². The summed E-state index contributed by atoms with van der Waals surface area (Å²) < 4.78 is 79.7. The lowest BCUT2D eigenvalue weighted by Gasteiger charge is -2.36. The van der Waals surface area contributed by atoms with Crippen molar-refractivity contribution in [2.24, 2.45) is 0 Å². The van der Waals surface area contributed by atoms with Crippen molar-refractivity contribution in [3.05, 3.63) is 42.5 Å². The van der Waals surface area contributed by atoms with Gasteiger partial charge in [-0.2, -0.15) is 0 Å². The summed E-state index contributed by atoms with van der Waals surface area (Å²) >= 11 is 0.